The smallest absolute Gasteiger partial charge is 0.164 e. The molecule has 6 rings (SSSR count). The van der Waals surface area contributed by atoms with Crippen molar-refractivity contribution in [1.29, 1.82) is 0 Å². The van der Waals surface area contributed by atoms with E-state index in [9.17, 15) is 10.2 Å². The molecule has 4 atom stereocenters. The number of anilines is 1. The fraction of sp³-hybridized carbons (Fsp3) is 0.545. The lowest BCUT2D eigenvalue weighted by molar-refractivity contribution is -0.0618. The van der Waals surface area contributed by atoms with Crippen LogP contribution in [-0.4, -0.2) is 76.6 Å². The summed E-state index contributed by atoms with van der Waals surface area (Å²) in [5.41, 5.74) is 10.9. The number of aliphatic hydroxyl groups excluding tert-OH is 2. The normalized spacial score (nSPS) is 26.2. The highest BCUT2D eigenvalue weighted by Gasteiger charge is 2.46. The van der Waals surface area contributed by atoms with E-state index in [1.54, 1.807) is 16.8 Å². The van der Waals surface area contributed by atoms with Gasteiger partial charge in [-0.05, 0) is 62.1 Å². The maximum absolute atomic E-state index is 11.1. The number of hydrogen-bond donors (Lipinski definition) is 4. The summed E-state index contributed by atoms with van der Waals surface area (Å²) in [7, 11) is 0. The van der Waals surface area contributed by atoms with Crippen molar-refractivity contribution in [3.63, 3.8) is 0 Å². The molecular weight excluding hydrogens is 542 g/mol. The fourth-order valence-electron chi connectivity index (χ4n) is 6.78. The highest BCUT2D eigenvalue weighted by atomic mass is 16.6. The van der Waals surface area contributed by atoms with E-state index in [1.807, 2.05) is 0 Å². The van der Waals surface area contributed by atoms with Crippen molar-refractivity contribution >= 4 is 34.0 Å². The number of ether oxygens (including phenoxy) is 1. The third kappa shape index (κ3) is 5.57. The minimum Gasteiger partial charge on any atom is -0.387 e. The molecule has 230 valence electrons. The number of H-pyrrole nitrogens is 1. The zero-order chi connectivity index (χ0) is 30.6. The zero-order valence-corrected chi connectivity index (χ0v) is 25.9. The minimum atomic E-state index is -1.11. The predicted octanol–water partition coefficient (Wildman–Crippen LogP) is 4.57. The monoisotopic (exact) mass is 587 g/mol. The minimum absolute atomic E-state index is 0.101. The summed E-state index contributed by atoms with van der Waals surface area (Å²) < 4.78 is 8.08. The van der Waals surface area contributed by atoms with Gasteiger partial charge in [0, 0.05) is 36.8 Å². The quantitative estimate of drug-likeness (QED) is 0.223. The van der Waals surface area contributed by atoms with Crippen molar-refractivity contribution in [3.05, 3.63) is 54.3 Å². The van der Waals surface area contributed by atoms with Crippen molar-refractivity contribution in [2.45, 2.75) is 102 Å². The van der Waals surface area contributed by atoms with Gasteiger partial charge in [-0.3, -0.25) is 4.90 Å². The van der Waals surface area contributed by atoms with Crippen molar-refractivity contribution in [1.82, 2.24) is 29.4 Å². The van der Waals surface area contributed by atoms with Crippen LogP contribution in [0.3, 0.4) is 0 Å². The molecule has 0 radical (unpaired) electrons. The summed E-state index contributed by atoms with van der Waals surface area (Å²) in [6.07, 6.45) is 5.62. The molecule has 1 saturated heterocycles. The van der Waals surface area contributed by atoms with Crippen molar-refractivity contribution < 1.29 is 14.9 Å². The first kappa shape index (κ1) is 29.7. The third-order valence-electron chi connectivity index (χ3n) is 9.42. The molecule has 0 spiro atoms. The molecule has 10 nitrogen and oxygen atoms in total. The van der Waals surface area contributed by atoms with Gasteiger partial charge in [-0.1, -0.05) is 39.5 Å². The van der Waals surface area contributed by atoms with E-state index < -0.39 is 24.5 Å². The Kier molecular flexibility index (Phi) is 7.83. The van der Waals surface area contributed by atoms with Gasteiger partial charge in [-0.25, -0.2) is 15.0 Å². The molecule has 1 saturated carbocycles. The number of aliphatic hydroxyl groups is 2. The second-order valence-corrected chi connectivity index (χ2v) is 13.7. The van der Waals surface area contributed by atoms with Crippen molar-refractivity contribution in [2.75, 3.05) is 12.3 Å². The largest absolute Gasteiger partial charge is 0.387 e. The molecule has 3 aromatic heterocycles. The van der Waals surface area contributed by atoms with Crippen molar-refractivity contribution in [2.24, 2.45) is 5.92 Å². The fourth-order valence-corrected chi connectivity index (χ4v) is 6.78. The first-order valence-electron chi connectivity index (χ1n) is 15.4. The first-order valence-corrected chi connectivity index (χ1v) is 15.4. The zero-order valence-electron chi connectivity index (χ0n) is 25.9. The Morgan fingerprint density at radius 2 is 1.98 bits per heavy atom. The van der Waals surface area contributed by atoms with Gasteiger partial charge in [0.2, 0.25) is 0 Å². The van der Waals surface area contributed by atoms with E-state index in [2.05, 4.69) is 79.2 Å². The molecule has 0 amide bonds. The van der Waals surface area contributed by atoms with Crippen LogP contribution in [0.4, 0.5) is 5.82 Å². The molecule has 43 heavy (non-hydrogen) atoms. The highest BCUT2D eigenvalue weighted by molar-refractivity contribution is 5.94. The van der Waals surface area contributed by atoms with Gasteiger partial charge >= 0.3 is 0 Å². The SMILES string of the molecule is C=Cc1cn([C@@H]2O[C@H](CN(C(C)C)[C@H]3C[C@@H](CCc4nc5cc(C(C)(C)C)ccc5[nH]4)C3)[C@@H](O)[C@H]2O)c2ncnc(N)c12. The second-order valence-electron chi connectivity index (χ2n) is 13.7. The third-order valence-corrected chi connectivity index (χ3v) is 9.42. The van der Waals surface area contributed by atoms with Crippen molar-refractivity contribution in [3.8, 4) is 0 Å². The molecule has 4 heterocycles. The number of aromatic nitrogens is 5. The van der Waals surface area contributed by atoms with E-state index in [0.717, 1.165) is 48.1 Å². The van der Waals surface area contributed by atoms with Crippen LogP contribution in [0.5, 0.6) is 0 Å². The molecular formula is C33H45N7O3. The van der Waals surface area contributed by atoms with Crippen LogP contribution in [0.25, 0.3) is 28.1 Å². The number of nitrogen functional groups attached to an aromatic ring is 1. The Labute approximate surface area is 253 Å². The number of nitrogens with zero attached hydrogens (tertiary/aromatic N) is 5. The van der Waals surface area contributed by atoms with Gasteiger partial charge in [0.25, 0.3) is 0 Å². The van der Waals surface area contributed by atoms with Gasteiger partial charge in [-0.2, -0.15) is 0 Å². The lowest BCUT2D eigenvalue weighted by Crippen LogP contribution is -2.52. The number of nitrogens with one attached hydrogen (secondary N) is 1. The number of nitrogens with two attached hydrogens (primary N) is 1. The van der Waals surface area contributed by atoms with E-state index in [4.69, 9.17) is 15.5 Å². The lowest BCUT2D eigenvalue weighted by Gasteiger charge is -2.46. The molecule has 0 bridgehead atoms. The van der Waals surface area contributed by atoms with Crippen LogP contribution in [-0.2, 0) is 16.6 Å². The Morgan fingerprint density at radius 1 is 1.21 bits per heavy atom. The maximum atomic E-state index is 11.1. The molecule has 1 aliphatic heterocycles. The molecule has 0 unspecified atom stereocenters. The molecule has 1 aromatic carbocycles. The van der Waals surface area contributed by atoms with Crippen LogP contribution < -0.4 is 5.73 Å². The van der Waals surface area contributed by atoms with E-state index >= 15 is 0 Å². The molecule has 2 aliphatic rings. The molecule has 4 aromatic rings. The van der Waals surface area contributed by atoms with Gasteiger partial charge < -0.3 is 30.2 Å². The van der Waals surface area contributed by atoms with Gasteiger partial charge in [0.05, 0.1) is 16.4 Å². The van der Waals surface area contributed by atoms with Crippen LogP contribution in [0, 0.1) is 5.92 Å². The molecule has 5 N–H and O–H groups in total. The van der Waals surface area contributed by atoms with Gasteiger partial charge in [0.15, 0.2) is 6.23 Å². The Morgan fingerprint density at radius 3 is 2.67 bits per heavy atom. The number of fused-ring (bicyclic) bond motifs is 2. The second kappa shape index (κ2) is 11.3. The number of benzene rings is 1. The number of aromatic amines is 1. The average Bonchev–Trinajstić information content (AvgIpc) is 3.60. The van der Waals surface area contributed by atoms with Crippen LogP contribution in [0.2, 0.25) is 0 Å². The molecule has 10 heteroatoms. The average molecular weight is 588 g/mol. The van der Waals surface area contributed by atoms with Crippen LogP contribution in [0.15, 0.2) is 37.3 Å². The first-order chi connectivity index (χ1) is 20.4. The van der Waals surface area contributed by atoms with E-state index in [0.29, 0.717) is 35.4 Å². The van der Waals surface area contributed by atoms with Gasteiger partial charge in [-0.15, -0.1) is 0 Å². The Balaban J connectivity index is 1.08. The lowest BCUT2D eigenvalue weighted by atomic mass is 9.76. The predicted molar refractivity (Wildman–Crippen MR) is 169 cm³/mol. The molecule has 2 fully saturated rings. The summed E-state index contributed by atoms with van der Waals surface area (Å²) in [4.78, 5) is 19.3. The van der Waals surface area contributed by atoms with Crippen LogP contribution in [0.1, 0.15) is 77.1 Å². The molecule has 1 aliphatic carbocycles. The summed E-state index contributed by atoms with van der Waals surface area (Å²) in [6.45, 7) is 15.4. The van der Waals surface area contributed by atoms with Gasteiger partial charge in [0.1, 0.15) is 41.9 Å². The summed E-state index contributed by atoms with van der Waals surface area (Å²) in [5, 5.41) is 22.8. The Bertz CT molecular complexity index is 1610. The Hall–Kier alpha value is -3.31. The summed E-state index contributed by atoms with van der Waals surface area (Å²) >= 11 is 0. The summed E-state index contributed by atoms with van der Waals surface area (Å²) in [6, 6.07) is 7.23. The number of imidazole rings is 1. The standard InChI is InChI=1S/C33H45N7O3/c1-7-20-15-40(31-27(20)30(34)35-17-36-31)32-29(42)28(41)25(43-32)16-39(18(2)3)22-12-19(13-22)8-11-26-37-23-10-9-21(33(4,5)6)14-24(23)38-26/h7,9-10,14-15,17-19,22,25,28-29,32,41-42H,1,8,11-13,16H2,2-6H3,(H,37,38)(H2,34,35,36)/t19-,22+,25-,28-,29-,32-/m1/s1. The van der Waals surface area contributed by atoms with E-state index in [1.165, 1.54) is 11.9 Å². The maximum Gasteiger partial charge on any atom is 0.164 e. The van der Waals surface area contributed by atoms with E-state index in [-0.39, 0.29) is 11.5 Å². The summed E-state index contributed by atoms with van der Waals surface area (Å²) in [5.74, 6) is 2.02. The highest BCUT2D eigenvalue weighted by Crippen LogP contribution is 2.39. The number of rotatable bonds is 9. The number of aryl methyl sites for hydroxylation is 1. The topological polar surface area (TPSA) is 138 Å². The number of hydrogen-bond acceptors (Lipinski definition) is 8. The van der Waals surface area contributed by atoms with Crippen LogP contribution >= 0.6 is 0 Å².